The first-order chi connectivity index (χ1) is 8.27. The molecular weight excluding hydrogens is 234 g/mol. The minimum absolute atomic E-state index is 0.468. The number of nitrogens with zero attached hydrogens (tertiary/aromatic N) is 3. The maximum Gasteiger partial charge on any atom is 0.0635 e. The van der Waals surface area contributed by atoms with Crippen molar-refractivity contribution in [2.45, 2.75) is 19.4 Å². The van der Waals surface area contributed by atoms with Crippen molar-refractivity contribution in [3.05, 3.63) is 34.9 Å². The molecule has 0 aliphatic rings. The third-order valence-corrected chi connectivity index (χ3v) is 2.80. The van der Waals surface area contributed by atoms with Crippen LogP contribution in [0.2, 0.25) is 5.02 Å². The smallest absolute Gasteiger partial charge is 0.0635 e. The molecule has 0 N–H and O–H groups in total. The molecule has 4 heteroatoms. The first-order valence-electron chi connectivity index (χ1n) is 5.47. The topological polar surface area (TPSA) is 50.8 Å². The summed E-state index contributed by atoms with van der Waals surface area (Å²) in [5.74, 6) is 0. The third kappa shape index (κ3) is 4.87. The highest BCUT2D eigenvalue weighted by atomic mass is 35.5. The minimum atomic E-state index is 0.468. The zero-order valence-electron chi connectivity index (χ0n) is 9.56. The van der Waals surface area contributed by atoms with E-state index in [1.807, 2.05) is 24.3 Å². The monoisotopic (exact) mass is 247 g/mol. The summed E-state index contributed by atoms with van der Waals surface area (Å²) in [4.78, 5) is 2.08. The van der Waals surface area contributed by atoms with Crippen LogP contribution in [0.25, 0.3) is 0 Å². The van der Waals surface area contributed by atoms with E-state index >= 15 is 0 Å². The molecular formula is C13H14ClN3. The number of hydrogen-bond donors (Lipinski definition) is 0. The molecule has 0 unspecified atom stereocenters. The van der Waals surface area contributed by atoms with Crippen LogP contribution in [0.5, 0.6) is 0 Å². The van der Waals surface area contributed by atoms with Gasteiger partial charge in [0.25, 0.3) is 0 Å². The molecule has 0 saturated carbocycles. The lowest BCUT2D eigenvalue weighted by Gasteiger charge is -2.20. The predicted octanol–water partition coefficient (Wildman–Crippen LogP) is 2.97. The maximum atomic E-state index is 8.59. The van der Waals surface area contributed by atoms with Gasteiger partial charge in [-0.25, -0.2) is 0 Å². The molecule has 0 saturated heterocycles. The van der Waals surface area contributed by atoms with Gasteiger partial charge in [-0.05, 0) is 11.6 Å². The highest BCUT2D eigenvalue weighted by Crippen LogP contribution is 2.17. The van der Waals surface area contributed by atoms with Crippen molar-refractivity contribution < 1.29 is 0 Å². The van der Waals surface area contributed by atoms with Gasteiger partial charge in [0.05, 0.1) is 12.1 Å². The van der Waals surface area contributed by atoms with E-state index < -0.39 is 0 Å². The maximum absolute atomic E-state index is 8.59. The van der Waals surface area contributed by atoms with Crippen molar-refractivity contribution in [3.8, 4) is 12.1 Å². The summed E-state index contributed by atoms with van der Waals surface area (Å²) in [5.41, 5.74) is 1.03. The average molecular weight is 248 g/mol. The molecule has 0 atom stereocenters. The Balaban J connectivity index is 2.62. The summed E-state index contributed by atoms with van der Waals surface area (Å²) >= 11 is 6.08. The van der Waals surface area contributed by atoms with Crippen LogP contribution in [0, 0.1) is 22.7 Å². The number of rotatable bonds is 6. The predicted molar refractivity (Wildman–Crippen MR) is 67.2 cm³/mol. The summed E-state index contributed by atoms with van der Waals surface area (Å²) in [6, 6.07) is 11.9. The molecule has 0 aliphatic carbocycles. The first kappa shape index (κ1) is 13.5. The molecule has 1 rings (SSSR count). The Hall–Kier alpha value is -1.55. The number of nitriles is 2. The molecule has 0 aliphatic heterocycles. The van der Waals surface area contributed by atoms with Crippen molar-refractivity contribution in [2.75, 3.05) is 13.1 Å². The van der Waals surface area contributed by atoms with Gasteiger partial charge in [-0.2, -0.15) is 10.5 Å². The van der Waals surface area contributed by atoms with Crippen LogP contribution in [0.1, 0.15) is 18.4 Å². The van der Waals surface area contributed by atoms with Crippen LogP contribution < -0.4 is 0 Å². The van der Waals surface area contributed by atoms with Gasteiger partial charge in [0.2, 0.25) is 0 Å². The fourth-order valence-electron chi connectivity index (χ4n) is 1.55. The van der Waals surface area contributed by atoms with Gasteiger partial charge in [-0.1, -0.05) is 29.8 Å². The molecule has 1 aromatic rings. The highest BCUT2D eigenvalue weighted by Gasteiger charge is 2.07. The van der Waals surface area contributed by atoms with Crippen LogP contribution in [0.3, 0.4) is 0 Å². The van der Waals surface area contributed by atoms with Crippen molar-refractivity contribution in [2.24, 2.45) is 0 Å². The Labute approximate surface area is 107 Å². The van der Waals surface area contributed by atoms with Crippen molar-refractivity contribution >= 4 is 11.6 Å². The zero-order chi connectivity index (χ0) is 12.5. The van der Waals surface area contributed by atoms with Gasteiger partial charge in [0.1, 0.15) is 0 Å². The summed E-state index contributed by atoms with van der Waals surface area (Å²) < 4.78 is 0. The van der Waals surface area contributed by atoms with E-state index in [0.29, 0.717) is 32.5 Å². The van der Waals surface area contributed by atoms with Crippen LogP contribution >= 0.6 is 11.6 Å². The Morgan fingerprint density at radius 3 is 2.18 bits per heavy atom. The number of hydrogen-bond acceptors (Lipinski definition) is 3. The molecule has 0 heterocycles. The second-order valence-electron chi connectivity index (χ2n) is 3.68. The lowest BCUT2D eigenvalue weighted by Crippen LogP contribution is -2.25. The van der Waals surface area contributed by atoms with E-state index in [0.717, 1.165) is 10.6 Å². The normalized spacial score (nSPS) is 9.88. The molecule has 88 valence electrons. The average Bonchev–Trinajstić information content (AvgIpc) is 2.35. The molecule has 1 aromatic carbocycles. The SMILES string of the molecule is N#CCCN(CCC#N)Cc1ccccc1Cl. The second kappa shape index (κ2) is 7.68. The second-order valence-corrected chi connectivity index (χ2v) is 4.09. The van der Waals surface area contributed by atoms with Crippen molar-refractivity contribution in [1.29, 1.82) is 10.5 Å². The summed E-state index contributed by atoms with van der Waals surface area (Å²) in [6.45, 7) is 2.02. The Morgan fingerprint density at radius 2 is 1.65 bits per heavy atom. The van der Waals surface area contributed by atoms with Crippen molar-refractivity contribution in [3.63, 3.8) is 0 Å². The summed E-state index contributed by atoms with van der Waals surface area (Å²) in [7, 11) is 0. The molecule has 0 aromatic heterocycles. The number of halogens is 1. The molecule has 0 radical (unpaired) electrons. The summed E-state index contributed by atoms with van der Waals surface area (Å²) in [5, 5.41) is 17.9. The summed E-state index contributed by atoms with van der Waals surface area (Å²) in [6.07, 6.45) is 0.936. The van der Waals surface area contributed by atoms with Crippen molar-refractivity contribution in [1.82, 2.24) is 4.90 Å². The Bertz CT molecular complexity index is 413. The van der Waals surface area contributed by atoms with Gasteiger partial charge >= 0.3 is 0 Å². The quantitative estimate of drug-likeness (QED) is 0.777. The van der Waals surface area contributed by atoms with Gasteiger partial charge in [-0.15, -0.1) is 0 Å². The van der Waals surface area contributed by atoms with Gasteiger partial charge in [0.15, 0.2) is 0 Å². The van der Waals surface area contributed by atoms with Crippen LogP contribution in [-0.4, -0.2) is 18.0 Å². The fraction of sp³-hybridized carbons (Fsp3) is 0.385. The van der Waals surface area contributed by atoms with Gasteiger partial charge in [0, 0.05) is 37.5 Å². The largest absolute Gasteiger partial charge is 0.297 e. The minimum Gasteiger partial charge on any atom is -0.297 e. The van der Waals surface area contributed by atoms with Crippen LogP contribution in [0.15, 0.2) is 24.3 Å². The van der Waals surface area contributed by atoms with Gasteiger partial charge < -0.3 is 0 Å². The Morgan fingerprint density at radius 1 is 1.06 bits per heavy atom. The van der Waals surface area contributed by atoms with E-state index in [-0.39, 0.29) is 0 Å². The van der Waals surface area contributed by atoms with Crippen LogP contribution in [0.4, 0.5) is 0 Å². The van der Waals surface area contributed by atoms with E-state index in [1.54, 1.807) is 0 Å². The Kier molecular flexibility index (Phi) is 6.10. The van der Waals surface area contributed by atoms with E-state index in [9.17, 15) is 0 Å². The van der Waals surface area contributed by atoms with Gasteiger partial charge in [-0.3, -0.25) is 4.90 Å². The van der Waals surface area contributed by atoms with E-state index in [4.69, 9.17) is 22.1 Å². The lowest BCUT2D eigenvalue weighted by atomic mass is 10.2. The fourth-order valence-corrected chi connectivity index (χ4v) is 1.75. The highest BCUT2D eigenvalue weighted by molar-refractivity contribution is 6.31. The third-order valence-electron chi connectivity index (χ3n) is 2.43. The molecule has 3 nitrogen and oxygen atoms in total. The van der Waals surface area contributed by atoms with E-state index in [1.165, 1.54) is 0 Å². The lowest BCUT2D eigenvalue weighted by molar-refractivity contribution is 0.278. The molecule has 0 bridgehead atoms. The molecule has 0 amide bonds. The molecule has 0 fully saturated rings. The van der Waals surface area contributed by atoms with Crippen LogP contribution in [-0.2, 0) is 6.54 Å². The number of benzene rings is 1. The first-order valence-corrected chi connectivity index (χ1v) is 5.85. The molecule has 0 spiro atoms. The van der Waals surface area contributed by atoms with E-state index in [2.05, 4.69) is 17.0 Å². The zero-order valence-corrected chi connectivity index (χ0v) is 10.3. The standard InChI is InChI=1S/C13H14ClN3/c14-13-6-2-1-5-12(13)11-17(9-3-7-15)10-4-8-16/h1-2,5-6H,3-4,9-11H2. The molecule has 17 heavy (non-hydrogen) atoms.